The van der Waals surface area contributed by atoms with Crippen LogP contribution in [0.3, 0.4) is 0 Å². The fourth-order valence-electron chi connectivity index (χ4n) is 2.26. The van der Waals surface area contributed by atoms with E-state index in [4.69, 9.17) is 9.56 Å². The van der Waals surface area contributed by atoms with Crippen LogP contribution in [-0.4, -0.2) is 8.42 Å². The van der Waals surface area contributed by atoms with Gasteiger partial charge in [-0.05, 0) is 35.4 Å². The van der Waals surface area contributed by atoms with Crippen LogP contribution in [0.4, 0.5) is 8.78 Å². The monoisotopic (exact) mass is 335 g/mol. The van der Waals surface area contributed by atoms with E-state index in [1.165, 1.54) is 54.8 Å². The Bertz CT molecular complexity index is 946. The molecule has 23 heavy (non-hydrogen) atoms. The Kier molecular flexibility index (Phi) is 3.75. The van der Waals surface area contributed by atoms with Gasteiger partial charge in [0.05, 0.1) is 10.5 Å². The van der Waals surface area contributed by atoms with E-state index < -0.39 is 21.9 Å². The van der Waals surface area contributed by atoms with E-state index in [1.54, 1.807) is 0 Å². The van der Waals surface area contributed by atoms with Gasteiger partial charge in [-0.15, -0.1) is 0 Å². The molecule has 0 spiro atoms. The zero-order chi connectivity index (χ0) is 16.6. The number of primary sulfonamides is 1. The molecule has 0 aliphatic carbocycles. The second-order valence-electron chi connectivity index (χ2n) is 4.87. The number of rotatable bonds is 3. The molecule has 0 aliphatic heterocycles. The molecule has 7 heteroatoms. The first kappa shape index (κ1) is 15.4. The summed E-state index contributed by atoms with van der Waals surface area (Å²) >= 11 is 0. The molecule has 1 aromatic heterocycles. The van der Waals surface area contributed by atoms with E-state index in [-0.39, 0.29) is 10.5 Å². The average molecular weight is 335 g/mol. The van der Waals surface area contributed by atoms with Crippen molar-refractivity contribution in [3.63, 3.8) is 0 Å². The molecular weight excluding hydrogens is 324 g/mol. The lowest BCUT2D eigenvalue weighted by Crippen LogP contribution is -2.11. The lowest BCUT2D eigenvalue weighted by molar-refractivity contribution is 0.361. The lowest BCUT2D eigenvalue weighted by Gasteiger charge is -2.05. The van der Waals surface area contributed by atoms with Crippen LogP contribution >= 0.6 is 0 Å². The lowest BCUT2D eigenvalue weighted by atomic mass is 9.99. The molecule has 2 N–H and O–H groups in total. The fourth-order valence-corrected chi connectivity index (χ4v) is 2.77. The molecule has 0 unspecified atom stereocenters. The molecule has 0 atom stereocenters. The number of nitrogens with two attached hydrogens (primary N) is 1. The minimum atomic E-state index is -3.80. The van der Waals surface area contributed by atoms with Crippen molar-refractivity contribution in [3.05, 3.63) is 66.6 Å². The van der Waals surface area contributed by atoms with Crippen LogP contribution in [0.1, 0.15) is 0 Å². The maximum absolute atomic E-state index is 14.0. The minimum absolute atomic E-state index is 0.0476. The van der Waals surface area contributed by atoms with Gasteiger partial charge in [-0.1, -0.05) is 24.3 Å². The van der Waals surface area contributed by atoms with Crippen molar-refractivity contribution >= 4 is 10.0 Å². The second kappa shape index (κ2) is 5.60. The molecule has 3 aromatic rings. The third kappa shape index (κ3) is 3.01. The van der Waals surface area contributed by atoms with Gasteiger partial charge in [-0.2, -0.15) is 4.39 Å². The van der Waals surface area contributed by atoms with Gasteiger partial charge in [0.25, 0.3) is 6.01 Å². The number of halogens is 2. The average Bonchev–Trinajstić information content (AvgIpc) is 2.89. The summed E-state index contributed by atoms with van der Waals surface area (Å²) in [5, 5.41) is 5.04. The van der Waals surface area contributed by atoms with Gasteiger partial charge in [-0.3, -0.25) is 0 Å². The molecule has 0 saturated carbocycles. The summed E-state index contributed by atoms with van der Waals surface area (Å²) in [5.41, 5.74) is 1.59. The summed E-state index contributed by atoms with van der Waals surface area (Å²) in [7, 11) is -3.80. The molecule has 0 amide bonds. The van der Waals surface area contributed by atoms with Crippen LogP contribution in [0.25, 0.3) is 22.3 Å². The van der Waals surface area contributed by atoms with Crippen LogP contribution in [0.2, 0.25) is 0 Å². The maximum Gasteiger partial charge on any atom is 0.286 e. The summed E-state index contributed by atoms with van der Waals surface area (Å²) in [6.45, 7) is 0. The fraction of sp³-hybridized carbons (Fsp3) is 0. The highest BCUT2D eigenvalue weighted by atomic mass is 32.2. The highest BCUT2D eigenvalue weighted by Crippen LogP contribution is 2.36. The van der Waals surface area contributed by atoms with Crippen molar-refractivity contribution in [1.82, 2.24) is 0 Å². The van der Waals surface area contributed by atoms with Gasteiger partial charge < -0.3 is 4.42 Å². The molecule has 4 nitrogen and oxygen atoms in total. The van der Waals surface area contributed by atoms with Crippen LogP contribution in [-0.2, 0) is 10.0 Å². The Labute approximate surface area is 131 Å². The third-order valence-corrected chi connectivity index (χ3v) is 4.30. The predicted octanol–water partition coefficient (Wildman–Crippen LogP) is 3.54. The van der Waals surface area contributed by atoms with Gasteiger partial charge in [0.2, 0.25) is 10.0 Å². The van der Waals surface area contributed by atoms with E-state index >= 15 is 0 Å². The predicted molar refractivity (Wildman–Crippen MR) is 80.9 cm³/mol. The standard InChI is InChI=1S/C16H11F2NO3S/c17-12-5-1-11(2-6-12)15-14(9-22-16(15)18)10-3-7-13(8-4-10)23(19,20)21/h1-9H,(H2,19,20,21). The van der Waals surface area contributed by atoms with Crippen LogP contribution in [0, 0.1) is 11.8 Å². The molecule has 3 rings (SSSR count). The van der Waals surface area contributed by atoms with Crippen molar-refractivity contribution in [2.24, 2.45) is 5.14 Å². The molecule has 0 bridgehead atoms. The summed E-state index contributed by atoms with van der Waals surface area (Å²) < 4.78 is 54.4. The first-order chi connectivity index (χ1) is 10.9. The number of benzene rings is 2. The molecule has 118 valence electrons. The van der Waals surface area contributed by atoms with E-state index in [0.717, 1.165) is 0 Å². The van der Waals surface area contributed by atoms with Gasteiger partial charge >= 0.3 is 0 Å². The Morgan fingerprint density at radius 2 is 1.43 bits per heavy atom. The smallest absolute Gasteiger partial charge is 0.286 e. The van der Waals surface area contributed by atoms with E-state index in [0.29, 0.717) is 16.7 Å². The van der Waals surface area contributed by atoms with Gasteiger partial charge in [0, 0.05) is 5.56 Å². The molecule has 0 fully saturated rings. The second-order valence-corrected chi connectivity index (χ2v) is 6.44. The van der Waals surface area contributed by atoms with Crippen molar-refractivity contribution in [3.8, 4) is 22.3 Å². The van der Waals surface area contributed by atoms with Gasteiger partial charge in [0.1, 0.15) is 12.1 Å². The van der Waals surface area contributed by atoms with Gasteiger partial charge in [0.15, 0.2) is 0 Å². The molecule has 0 aliphatic rings. The summed E-state index contributed by atoms with van der Waals surface area (Å²) in [5.74, 6) is -0.434. The largest absolute Gasteiger partial charge is 0.438 e. The van der Waals surface area contributed by atoms with E-state index in [2.05, 4.69) is 0 Å². The minimum Gasteiger partial charge on any atom is -0.438 e. The molecule has 2 aromatic carbocycles. The van der Waals surface area contributed by atoms with E-state index in [9.17, 15) is 17.2 Å². The van der Waals surface area contributed by atoms with Crippen LogP contribution < -0.4 is 5.14 Å². The van der Waals surface area contributed by atoms with Crippen molar-refractivity contribution in [2.75, 3.05) is 0 Å². The third-order valence-electron chi connectivity index (χ3n) is 3.37. The Morgan fingerprint density at radius 3 is 2.00 bits per heavy atom. The summed E-state index contributed by atoms with van der Waals surface area (Å²) in [4.78, 5) is -0.0476. The van der Waals surface area contributed by atoms with Crippen LogP contribution in [0.5, 0.6) is 0 Å². The first-order valence-corrected chi connectivity index (χ1v) is 8.07. The maximum atomic E-state index is 14.0. The molecule has 0 saturated heterocycles. The zero-order valence-electron chi connectivity index (χ0n) is 11.7. The number of hydrogen-bond acceptors (Lipinski definition) is 3. The quantitative estimate of drug-likeness (QED) is 0.795. The SMILES string of the molecule is NS(=O)(=O)c1ccc(-c2coc(F)c2-c2ccc(F)cc2)cc1. The summed E-state index contributed by atoms with van der Waals surface area (Å²) in [6.07, 6.45) is 1.22. The Morgan fingerprint density at radius 1 is 0.870 bits per heavy atom. The van der Waals surface area contributed by atoms with Crippen molar-refractivity contribution in [1.29, 1.82) is 0 Å². The number of sulfonamides is 1. The van der Waals surface area contributed by atoms with Crippen molar-refractivity contribution in [2.45, 2.75) is 4.90 Å². The highest BCUT2D eigenvalue weighted by Gasteiger charge is 2.18. The number of hydrogen-bond donors (Lipinski definition) is 1. The highest BCUT2D eigenvalue weighted by molar-refractivity contribution is 7.89. The topological polar surface area (TPSA) is 73.3 Å². The molecular formula is C16H11F2NO3S. The zero-order valence-corrected chi connectivity index (χ0v) is 12.5. The first-order valence-electron chi connectivity index (χ1n) is 6.52. The van der Waals surface area contributed by atoms with E-state index in [1.807, 2.05) is 0 Å². The summed E-state index contributed by atoms with van der Waals surface area (Å²) in [6, 6.07) is 10.1. The Balaban J connectivity index is 2.10. The van der Waals surface area contributed by atoms with Crippen molar-refractivity contribution < 1.29 is 21.6 Å². The molecule has 1 heterocycles. The van der Waals surface area contributed by atoms with Gasteiger partial charge in [-0.25, -0.2) is 17.9 Å². The number of furan rings is 1. The van der Waals surface area contributed by atoms with Crippen LogP contribution in [0.15, 0.2) is 64.1 Å². The normalized spacial score (nSPS) is 11.6. The Hall–Kier alpha value is -2.51. The molecule has 0 radical (unpaired) electrons.